The van der Waals surface area contributed by atoms with Crippen molar-refractivity contribution in [2.24, 2.45) is 0 Å². The normalized spacial score (nSPS) is 24.3. The van der Waals surface area contributed by atoms with E-state index in [-0.39, 0.29) is 40.7 Å². The number of aliphatic hydroxyl groups is 2. The largest absolute Gasteiger partial charge is 0.508 e. The monoisotopic (exact) mass is 428 g/mol. The van der Waals surface area contributed by atoms with Crippen molar-refractivity contribution in [2.45, 2.75) is 37.4 Å². The number of benzene rings is 2. The zero-order valence-electron chi connectivity index (χ0n) is 16.7. The number of phenolic OH excluding ortho intramolecular Hbond substituents is 3. The molecular formula is C22H20O9. The van der Waals surface area contributed by atoms with Crippen molar-refractivity contribution < 1.29 is 44.7 Å². The molecule has 2 aromatic rings. The third-order valence-corrected chi connectivity index (χ3v) is 6.20. The molecule has 2 aliphatic carbocycles. The number of ether oxygens (including phenoxy) is 1. The minimum Gasteiger partial charge on any atom is -0.508 e. The van der Waals surface area contributed by atoms with Gasteiger partial charge in [0.05, 0.1) is 29.9 Å². The summed E-state index contributed by atoms with van der Waals surface area (Å²) in [6.07, 6.45) is -1.66. The summed E-state index contributed by atoms with van der Waals surface area (Å²) in [7, 11) is 1.12. The lowest BCUT2D eigenvalue weighted by molar-refractivity contribution is -0.153. The third-order valence-electron chi connectivity index (χ3n) is 6.20. The SMILES string of the molecule is CC[C@@]1(O)C[C@@H](O)c2c(cc3c(c2O)C(=O)c2c(O)cc(O)cc2C3=O)[C@@H]1C(=O)OC. The molecule has 162 valence electrons. The fraction of sp³-hybridized carbons (Fsp3) is 0.318. The van der Waals surface area contributed by atoms with E-state index in [9.17, 15) is 39.9 Å². The van der Waals surface area contributed by atoms with E-state index < -0.39 is 58.0 Å². The van der Waals surface area contributed by atoms with Crippen LogP contribution in [-0.4, -0.2) is 55.8 Å². The second-order valence-corrected chi connectivity index (χ2v) is 7.83. The number of methoxy groups -OCH3 is 1. The number of aliphatic hydroxyl groups excluding tert-OH is 1. The summed E-state index contributed by atoms with van der Waals surface area (Å²) in [5.41, 5.74) is -3.26. The van der Waals surface area contributed by atoms with Gasteiger partial charge < -0.3 is 30.3 Å². The average Bonchev–Trinajstić information content (AvgIpc) is 2.70. The van der Waals surface area contributed by atoms with Gasteiger partial charge in [0.25, 0.3) is 0 Å². The Kier molecular flexibility index (Phi) is 4.56. The molecule has 4 rings (SSSR count). The van der Waals surface area contributed by atoms with Crippen molar-refractivity contribution in [1.29, 1.82) is 0 Å². The Bertz CT molecular complexity index is 1170. The van der Waals surface area contributed by atoms with Gasteiger partial charge in [-0.3, -0.25) is 14.4 Å². The van der Waals surface area contributed by atoms with Gasteiger partial charge in [-0.15, -0.1) is 0 Å². The van der Waals surface area contributed by atoms with Crippen LogP contribution >= 0.6 is 0 Å². The van der Waals surface area contributed by atoms with Gasteiger partial charge in [-0.05, 0) is 24.1 Å². The number of phenols is 3. The van der Waals surface area contributed by atoms with E-state index in [1.54, 1.807) is 6.92 Å². The fourth-order valence-electron chi connectivity index (χ4n) is 4.66. The van der Waals surface area contributed by atoms with E-state index in [4.69, 9.17) is 4.74 Å². The third kappa shape index (κ3) is 2.74. The Morgan fingerprint density at radius 1 is 1.10 bits per heavy atom. The number of aromatic hydroxyl groups is 3. The summed E-state index contributed by atoms with van der Waals surface area (Å²) >= 11 is 0. The van der Waals surface area contributed by atoms with Crippen LogP contribution in [0.4, 0.5) is 0 Å². The molecule has 2 aromatic carbocycles. The topological polar surface area (TPSA) is 162 Å². The second-order valence-electron chi connectivity index (χ2n) is 7.83. The highest BCUT2D eigenvalue weighted by atomic mass is 16.5. The van der Waals surface area contributed by atoms with E-state index in [0.29, 0.717) is 0 Å². The standard InChI is InChI=1S/C22H20O9/c1-3-22(30)7-13(25)14-9(17(22)21(29)31-2)6-11-16(19(14)27)20(28)15-10(18(11)26)4-8(23)5-12(15)24/h4-6,13,17,23-25,27,30H,3,7H2,1-2H3/t13-,17-,22-/m1/s1. The molecule has 0 amide bonds. The van der Waals surface area contributed by atoms with Gasteiger partial charge in [0.1, 0.15) is 23.2 Å². The molecule has 3 atom stereocenters. The molecule has 2 aliphatic rings. The van der Waals surface area contributed by atoms with E-state index in [2.05, 4.69) is 0 Å². The van der Waals surface area contributed by atoms with E-state index in [1.807, 2.05) is 0 Å². The number of fused-ring (bicyclic) bond motifs is 3. The number of esters is 1. The van der Waals surface area contributed by atoms with Crippen molar-refractivity contribution in [1.82, 2.24) is 0 Å². The molecule has 0 heterocycles. The maximum absolute atomic E-state index is 13.1. The summed E-state index contributed by atoms with van der Waals surface area (Å²) in [4.78, 5) is 38.8. The van der Waals surface area contributed by atoms with E-state index in [1.165, 1.54) is 6.07 Å². The van der Waals surface area contributed by atoms with Gasteiger partial charge >= 0.3 is 5.97 Å². The van der Waals surface area contributed by atoms with Crippen molar-refractivity contribution in [3.05, 3.63) is 51.6 Å². The van der Waals surface area contributed by atoms with Crippen molar-refractivity contribution in [3.8, 4) is 17.2 Å². The van der Waals surface area contributed by atoms with Crippen LogP contribution in [0.15, 0.2) is 18.2 Å². The van der Waals surface area contributed by atoms with Crippen LogP contribution in [0.1, 0.15) is 74.8 Å². The highest BCUT2D eigenvalue weighted by Gasteiger charge is 2.51. The van der Waals surface area contributed by atoms with Crippen LogP contribution in [0.25, 0.3) is 0 Å². The maximum atomic E-state index is 13.1. The fourth-order valence-corrected chi connectivity index (χ4v) is 4.66. The predicted octanol–water partition coefficient (Wildman–Crippen LogP) is 1.41. The molecule has 0 bridgehead atoms. The van der Waals surface area contributed by atoms with E-state index >= 15 is 0 Å². The highest BCUT2D eigenvalue weighted by Crippen LogP contribution is 2.52. The molecular weight excluding hydrogens is 408 g/mol. The van der Waals surface area contributed by atoms with Gasteiger partial charge in [-0.25, -0.2) is 0 Å². The average molecular weight is 428 g/mol. The molecule has 0 aromatic heterocycles. The summed E-state index contributed by atoms with van der Waals surface area (Å²) in [6, 6.07) is 3.09. The van der Waals surface area contributed by atoms with Gasteiger partial charge in [0.2, 0.25) is 5.78 Å². The summed E-state index contributed by atoms with van der Waals surface area (Å²) < 4.78 is 4.82. The lowest BCUT2D eigenvalue weighted by Crippen LogP contribution is -2.46. The first-order valence-corrected chi connectivity index (χ1v) is 9.59. The molecule has 0 radical (unpaired) electrons. The quantitative estimate of drug-likeness (QED) is 0.380. The number of hydrogen-bond acceptors (Lipinski definition) is 9. The Hall–Kier alpha value is -3.43. The molecule has 0 aliphatic heterocycles. The zero-order valence-corrected chi connectivity index (χ0v) is 16.7. The Labute approximate surface area is 176 Å². The number of ketones is 2. The molecule has 5 N–H and O–H groups in total. The van der Waals surface area contributed by atoms with Crippen molar-refractivity contribution >= 4 is 17.5 Å². The minimum absolute atomic E-state index is 0.0276. The van der Waals surface area contributed by atoms with Crippen LogP contribution in [0, 0.1) is 0 Å². The van der Waals surface area contributed by atoms with E-state index in [0.717, 1.165) is 19.2 Å². The predicted molar refractivity (Wildman–Crippen MR) is 104 cm³/mol. The van der Waals surface area contributed by atoms with Crippen LogP contribution in [0.3, 0.4) is 0 Å². The van der Waals surface area contributed by atoms with Gasteiger partial charge in [-0.2, -0.15) is 0 Å². The van der Waals surface area contributed by atoms with Crippen LogP contribution in [-0.2, 0) is 9.53 Å². The molecule has 0 saturated heterocycles. The second kappa shape index (κ2) is 6.79. The Morgan fingerprint density at radius 2 is 1.74 bits per heavy atom. The van der Waals surface area contributed by atoms with Crippen molar-refractivity contribution in [3.63, 3.8) is 0 Å². The lowest BCUT2D eigenvalue weighted by atomic mass is 9.67. The number of carbonyl (C=O) groups excluding carboxylic acids is 3. The molecule has 9 nitrogen and oxygen atoms in total. The lowest BCUT2D eigenvalue weighted by Gasteiger charge is -2.42. The Balaban J connectivity index is 2.05. The molecule has 31 heavy (non-hydrogen) atoms. The van der Waals surface area contributed by atoms with Gasteiger partial charge in [-0.1, -0.05) is 6.92 Å². The Morgan fingerprint density at radius 3 is 2.35 bits per heavy atom. The first-order valence-electron chi connectivity index (χ1n) is 9.59. The van der Waals surface area contributed by atoms with Gasteiger partial charge in [0.15, 0.2) is 5.78 Å². The zero-order chi connectivity index (χ0) is 22.8. The molecule has 0 spiro atoms. The van der Waals surface area contributed by atoms with Crippen LogP contribution < -0.4 is 0 Å². The summed E-state index contributed by atoms with van der Waals surface area (Å²) in [5, 5.41) is 52.5. The molecule has 9 heteroatoms. The van der Waals surface area contributed by atoms with Crippen LogP contribution in [0.2, 0.25) is 0 Å². The molecule has 0 fully saturated rings. The minimum atomic E-state index is -1.71. The van der Waals surface area contributed by atoms with Gasteiger partial charge in [0, 0.05) is 29.2 Å². The number of rotatable bonds is 2. The maximum Gasteiger partial charge on any atom is 0.316 e. The molecule has 0 saturated carbocycles. The molecule has 0 unspecified atom stereocenters. The summed E-state index contributed by atoms with van der Waals surface area (Å²) in [6.45, 7) is 1.61. The van der Waals surface area contributed by atoms with Crippen molar-refractivity contribution in [2.75, 3.05) is 7.11 Å². The highest BCUT2D eigenvalue weighted by molar-refractivity contribution is 6.30. The van der Waals surface area contributed by atoms with Crippen LogP contribution in [0.5, 0.6) is 17.2 Å². The first kappa shape index (κ1) is 20.8. The smallest absolute Gasteiger partial charge is 0.316 e. The summed E-state index contributed by atoms with van der Waals surface area (Å²) in [5.74, 6) is -5.58. The number of hydrogen-bond donors (Lipinski definition) is 5. The first-order chi connectivity index (χ1) is 14.6. The number of carbonyl (C=O) groups is 3.